The highest BCUT2D eigenvalue weighted by atomic mass is 79.9. The van der Waals surface area contributed by atoms with Crippen molar-refractivity contribution >= 4 is 45.1 Å². The number of hydrogen-bond acceptors (Lipinski definition) is 3. The first-order chi connectivity index (χ1) is 9.11. The van der Waals surface area contributed by atoms with Gasteiger partial charge in [0.05, 0.1) is 10.6 Å². The Balaban J connectivity index is 2.43. The second kappa shape index (κ2) is 6.32. The van der Waals surface area contributed by atoms with E-state index < -0.39 is 0 Å². The van der Waals surface area contributed by atoms with Gasteiger partial charge in [-0.1, -0.05) is 56.6 Å². The average molecular weight is 358 g/mol. The van der Waals surface area contributed by atoms with Crippen molar-refractivity contribution in [3.63, 3.8) is 0 Å². The zero-order chi connectivity index (χ0) is 13.8. The van der Waals surface area contributed by atoms with E-state index in [0.29, 0.717) is 10.6 Å². The lowest BCUT2D eigenvalue weighted by molar-refractivity contribution is 0.318. The first-order valence-corrected chi connectivity index (χ1v) is 7.30. The number of halogens is 2. The van der Waals surface area contributed by atoms with Gasteiger partial charge in [-0.05, 0) is 30.3 Å². The summed E-state index contributed by atoms with van der Waals surface area (Å²) in [5, 5.41) is 12.3. The Bertz CT molecular complexity index is 634. The Morgan fingerprint density at radius 2 is 2.00 bits per heavy atom. The quantitative estimate of drug-likeness (QED) is 0.371. The van der Waals surface area contributed by atoms with Crippen LogP contribution in [0.4, 0.5) is 0 Å². The molecule has 0 saturated carbocycles. The van der Waals surface area contributed by atoms with E-state index in [0.717, 1.165) is 14.3 Å². The van der Waals surface area contributed by atoms with E-state index in [1.54, 1.807) is 6.07 Å². The molecule has 0 aliphatic rings. The van der Waals surface area contributed by atoms with Crippen LogP contribution in [-0.4, -0.2) is 11.0 Å². The van der Waals surface area contributed by atoms with Gasteiger partial charge < -0.3 is 10.9 Å². The number of oxime groups is 1. The van der Waals surface area contributed by atoms with E-state index in [9.17, 15) is 0 Å². The van der Waals surface area contributed by atoms with Crippen LogP contribution in [0.15, 0.2) is 61.9 Å². The summed E-state index contributed by atoms with van der Waals surface area (Å²) in [4.78, 5) is 1.87. The molecule has 0 aliphatic carbocycles. The summed E-state index contributed by atoms with van der Waals surface area (Å²) in [6, 6.07) is 13.3. The van der Waals surface area contributed by atoms with Gasteiger partial charge in [0.2, 0.25) is 0 Å². The number of rotatable bonds is 3. The lowest BCUT2D eigenvalue weighted by Gasteiger charge is -2.09. The monoisotopic (exact) mass is 356 g/mol. The summed E-state index contributed by atoms with van der Waals surface area (Å²) in [6.07, 6.45) is 0. The molecule has 3 nitrogen and oxygen atoms in total. The maximum atomic E-state index is 8.83. The molecular weight excluding hydrogens is 348 g/mol. The fourth-order valence-electron chi connectivity index (χ4n) is 1.55. The van der Waals surface area contributed by atoms with Crippen molar-refractivity contribution in [3.05, 3.63) is 57.5 Å². The van der Waals surface area contributed by atoms with Gasteiger partial charge >= 0.3 is 0 Å². The largest absolute Gasteiger partial charge is 0.409 e. The van der Waals surface area contributed by atoms with Crippen molar-refractivity contribution in [1.29, 1.82) is 0 Å². The van der Waals surface area contributed by atoms with Crippen LogP contribution in [0.25, 0.3) is 0 Å². The molecule has 0 aliphatic heterocycles. The van der Waals surface area contributed by atoms with Crippen LogP contribution in [0.2, 0.25) is 5.02 Å². The van der Waals surface area contributed by atoms with Gasteiger partial charge in [-0.25, -0.2) is 0 Å². The van der Waals surface area contributed by atoms with Gasteiger partial charge in [0, 0.05) is 14.3 Å². The van der Waals surface area contributed by atoms with E-state index in [2.05, 4.69) is 21.1 Å². The zero-order valence-electron chi connectivity index (χ0n) is 9.68. The highest BCUT2D eigenvalue weighted by Crippen LogP contribution is 2.34. The summed E-state index contributed by atoms with van der Waals surface area (Å²) in [5.41, 5.74) is 6.21. The molecule has 0 spiro atoms. The second-order valence-corrected chi connectivity index (χ2v) is 6.10. The molecule has 6 heteroatoms. The molecule has 0 radical (unpaired) electrons. The number of benzene rings is 2. The van der Waals surface area contributed by atoms with E-state index in [4.69, 9.17) is 22.5 Å². The van der Waals surface area contributed by atoms with Crippen LogP contribution in [0.5, 0.6) is 0 Å². The average Bonchev–Trinajstić information content (AvgIpc) is 2.38. The molecular formula is C13H10BrClN2OS. The van der Waals surface area contributed by atoms with Crippen molar-refractivity contribution in [2.24, 2.45) is 10.9 Å². The maximum Gasteiger partial charge on any atom is 0.172 e. The fraction of sp³-hybridized carbons (Fsp3) is 0. The van der Waals surface area contributed by atoms with Gasteiger partial charge in [0.15, 0.2) is 5.84 Å². The van der Waals surface area contributed by atoms with Gasteiger partial charge in [-0.2, -0.15) is 0 Å². The molecule has 2 rings (SSSR count). The first kappa shape index (κ1) is 14.2. The zero-order valence-corrected chi connectivity index (χ0v) is 12.8. The molecule has 0 bridgehead atoms. The Labute approximate surface area is 128 Å². The molecule has 0 saturated heterocycles. The molecule has 2 aromatic carbocycles. The minimum atomic E-state index is 0.00287. The molecule has 98 valence electrons. The minimum Gasteiger partial charge on any atom is -0.409 e. The van der Waals surface area contributed by atoms with Gasteiger partial charge in [0.25, 0.3) is 0 Å². The van der Waals surface area contributed by atoms with Crippen LogP contribution in [0.1, 0.15) is 5.56 Å². The van der Waals surface area contributed by atoms with E-state index in [1.165, 1.54) is 11.8 Å². The van der Waals surface area contributed by atoms with Crippen LogP contribution in [0.3, 0.4) is 0 Å². The predicted molar refractivity (Wildman–Crippen MR) is 82.2 cm³/mol. The standard InChI is InChI=1S/C13H10BrClN2OS/c14-8-3-1-4-9(7-8)19-11-6-2-5-10(15)12(11)13(16)17-18/h1-7,18H,(H2,16,17). The lowest BCUT2D eigenvalue weighted by atomic mass is 10.2. The second-order valence-electron chi connectivity index (χ2n) is 3.66. The molecule has 0 atom stereocenters. The van der Waals surface area contributed by atoms with E-state index in [-0.39, 0.29) is 5.84 Å². The molecule has 19 heavy (non-hydrogen) atoms. The summed E-state index contributed by atoms with van der Waals surface area (Å²) >= 11 is 11.0. The smallest absolute Gasteiger partial charge is 0.172 e. The van der Waals surface area contributed by atoms with Crippen LogP contribution >= 0.6 is 39.3 Å². The third kappa shape index (κ3) is 3.43. The molecule has 0 heterocycles. The summed E-state index contributed by atoms with van der Waals surface area (Å²) in [6.45, 7) is 0. The molecule has 3 N–H and O–H groups in total. The Morgan fingerprint density at radius 1 is 1.26 bits per heavy atom. The Morgan fingerprint density at radius 3 is 2.68 bits per heavy atom. The van der Waals surface area contributed by atoms with E-state index in [1.807, 2.05) is 36.4 Å². The van der Waals surface area contributed by atoms with Crippen molar-refractivity contribution in [2.75, 3.05) is 0 Å². The highest BCUT2D eigenvalue weighted by Gasteiger charge is 2.12. The van der Waals surface area contributed by atoms with Crippen molar-refractivity contribution < 1.29 is 5.21 Å². The molecule has 0 fully saturated rings. The summed E-state index contributed by atoms with van der Waals surface area (Å²) in [7, 11) is 0. The van der Waals surface area contributed by atoms with Crippen molar-refractivity contribution in [2.45, 2.75) is 9.79 Å². The van der Waals surface area contributed by atoms with Gasteiger partial charge in [0.1, 0.15) is 0 Å². The summed E-state index contributed by atoms with van der Waals surface area (Å²) in [5.74, 6) is 0.00287. The van der Waals surface area contributed by atoms with Gasteiger partial charge in [-0.15, -0.1) is 0 Å². The normalized spacial score (nSPS) is 11.6. The molecule has 0 unspecified atom stereocenters. The molecule has 0 amide bonds. The fourth-order valence-corrected chi connectivity index (χ4v) is 3.47. The lowest BCUT2D eigenvalue weighted by Crippen LogP contribution is -2.14. The van der Waals surface area contributed by atoms with E-state index >= 15 is 0 Å². The van der Waals surface area contributed by atoms with Crippen LogP contribution in [0, 0.1) is 0 Å². The van der Waals surface area contributed by atoms with Crippen molar-refractivity contribution in [1.82, 2.24) is 0 Å². The minimum absolute atomic E-state index is 0.00287. The van der Waals surface area contributed by atoms with Crippen molar-refractivity contribution in [3.8, 4) is 0 Å². The SMILES string of the molecule is NC(=NO)c1c(Cl)cccc1Sc1cccc(Br)c1. The third-order valence-electron chi connectivity index (χ3n) is 2.36. The predicted octanol–water partition coefficient (Wildman–Crippen LogP) is 4.35. The summed E-state index contributed by atoms with van der Waals surface area (Å²) < 4.78 is 0.991. The van der Waals surface area contributed by atoms with Crippen LogP contribution in [-0.2, 0) is 0 Å². The Hall–Kier alpha value is -1.17. The molecule has 2 aromatic rings. The number of hydrogen-bond donors (Lipinski definition) is 2. The highest BCUT2D eigenvalue weighted by molar-refractivity contribution is 9.10. The first-order valence-electron chi connectivity index (χ1n) is 5.31. The van der Waals surface area contributed by atoms with Gasteiger partial charge in [-0.3, -0.25) is 0 Å². The Kier molecular flexibility index (Phi) is 4.74. The van der Waals surface area contributed by atoms with Crippen LogP contribution < -0.4 is 5.73 Å². The number of amidine groups is 1. The topological polar surface area (TPSA) is 58.6 Å². The number of nitrogens with two attached hydrogens (primary N) is 1. The molecule has 0 aromatic heterocycles. The number of nitrogens with zero attached hydrogens (tertiary/aromatic N) is 1. The third-order valence-corrected chi connectivity index (χ3v) is 4.22. The maximum absolute atomic E-state index is 8.83.